The molecule has 0 amide bonds. The molecule has 1 aromatic heterocycles. The zero-order valence-electron chi connectivity index (χ0n) is 14.3. The first-order valence-corrected chi connectivity index (χ1v) is 9.30. The van der Waals surface area contributed by atoms with Crippen LogP contribution in [0.2, 0.25) is 0 Å². The highest BCUT2D eigenvalue weighted by Crippen LogP contribution is 2.36. The summed E-state index contributed by atoms with van der Waals surface area (Å²) in [7, 11) is -3.62. The molecule has 1 aromatic carbocycles. The van der Waals surface area contributed by atoms with E-state index in [1.54, 1.807) is 18.2 Å². The first kappa shape index (κ1) is 16.1. The van der Waals surface area contributed by atoms with E-state index in [2.05, 4.69) is 30.1 Å². The zero-order valence-corrected chi connectivity index (χ0v) is 15.1. The Hall–Kier alpha value is -1.82. The first-order chi connectivity index (χ1) is 10.7. The fraction of sp³-hybridized carbons (Fsp3) is 0.471. The second-order valence-corrected chi connectivity index (χ2v) is 8.47. The van der Waals surface area contributed by atoms with Gasteiger partial charge in [-0.15, -0.1) is 0 Å². The molecule has 2 heterocycles. The Morgan fingerprint density at radius 3 is 2.43 bits per heavy atom. The smallest absolute Gasteiger partial charge is 0.268 e. The third kappa shape index (κ3) is 2.55. The maximum Gasteiger partial charge on any atom is 0.268 e. The van der Waals surface area contributed by atoms with Crippen molar-refractivity contribution in [2.45, 2.75) is 45.9 Å². The lowest BCUT2D eigenvalue weighted by atomic mass is 9.92. The topological polar surface area (TPSA) is 66.1 Å². The number of rotatable bonds is 2. The van der Waals surface area contributed by atoms with Gasteiger partial charge in [-0.1, -0.05) is 13.0 Å². The van der Waals surface area contributed by atoms with Gasteiger partial charge < -0.3 is 0 Å². The molecule has 0 saturated carbocycles. The Morgan fingerprint density at radius 2 is 1.83 bits per heavy atom. The maximum atomic E-state index is 13.3. The van der Waals surface area contributed by atoms with E-state index in [4.69, 9.17) is 0 Å². The van der Waals surface area contributed by atoms with Crippen molar-refractivity contribution < 1.29 is 8.42 Å². The quantitative estimate of drug-likeness (QED) is 0.918. The molecule has 0 aliphatic carbocycles. The average Bonchev–Trinajstić information content (AvgIpc) is 2.79. The summed E-state index contributed by atoms with van der Waals surface area (Å²) in [6.07, 6.45) is 0.909. The van der Waals surface area contributed by atoms with Gasteiger partial charge in [0, 0.05) is 6.54 Å². The van der Waals surface area contributed by atoms with Crippen molar-refractivity contribution in [1.82, 2.24) is 10.2 Å². The number of hydrogen-bond donors (Lipinski definition) is 1. The number of aromatic nitrogens is 2. The molecule has 0 fully saturated rings. The number of H-pyrrole nitrogens is 1. The van der Waals surface area contributed by atoms with Crippen molar-refractivity contribution in [3.63, 3.8) is 0 Å². The molecule has 2 aromatic rings. The van der Waals surface area contributed by atoms with E-state index in [1.165, 1.54) is 5.56 Å². The Labute approximate surface area is 137 Å². The van der Waals surface area contributed by atoms with Crippen molar-refractivity contribution in [2.75, 3.05) is 10.8 Å². The van der Waals surface area contributed by atoms with Crippen LogP contribution in [0.5, 0.6) is 0 Å². The molecule has 6 heteroatoms. The van der Waals surface area contributed by atoms with Gasteiger partial charge in [0.2, 0.25) is 0 Å². The molecule has 0 spiro atoms. The number of nitrogens with one attached hydrogen (secondary N) is 1. The number of fused-ring (bicyclic) bond motifs is 1. The van der Waals surface area contributed by atoms with Crippen LogP contribution in [0.15, 0.2) is 17.0 Å². The number of anilines is 1. The molecule has 3 rings (SSSR count). The van der Waals surface area contributed by atoms with Gasteiger partial charge in [-0.3, -0.25) is 9.40 Å². The molecule has 0 saturated heterocycles. The summed E-state index contributed by atoms with van der Waals surface area (Å²) in [5, 5.41) is 6.84. The van der Waals surface area contributed by atoms with Crippen LogP contribution >= 0.6 is 0 Å². The summed E-state index contributed by atoms with van der Waals surface area (Å²) in [6, 6.07) is 4.12. The first-order valence-electron chi connectivity index (χ1n) is 7.86. The van der Waals surface area contributed by atoms with Crippen LogP contribution in [0.1, 0.15) is 35.0 Å². The molecule has 124 valence electrons. The second kappa shape index (κ2) is 5.37. The number of benzene rings is 1. The number of sulfonamides is 1. The SMILES string of the molecule is Cc1cc2c(cc1C)N(S(=O)(=O)c1c(C)n[nH]c1C)CC(C)C2. The lowest BCUT2D eigenvalue weighted by molar-refractivity contribution is 0.544. The van der Waals surface area contributed by atoms with E-state index in [1.807, 2.05) is 13.0 Å². The normalized spacial score (nSPS) is 18.1. The molecular formula is C17H23N3O2S. The predicted octanol–water partition coefficient (Wildman–Crippen LogP) is 3.03. The van der Waals surface area contributed by atoms with E-state index in [9.17, 15) is 8.42 Å². The predicted molar refractivity (Wildman–Crippen MR) is 91.4 cm³/mol. The monoisotopic (exact) mass is 333 g/mol. The Kier molecular flexibility index (Phi) is 3.75. The lowest BCUT2D eigenvalue weighted by Gasteiger charge is -2.34. The van der Waals surface area contributed by atoms with Crippen molar-refractivity contribution in [3.05, 3.63) is 40.2 Å². The summed E-state index contributed by atoms with van der Waals surface area (Å²) >= 11 is 0. The summed E-state index contributed by atoms with van der Waals surface area (Å²) in [4.78, 5) is 0.302. The summed E-state index contributed by atoms with van der Waals surface area (Å²) in [5.41, 5.74) is 5.34. The molecule has 1 aliphatic rings. The van der Waals surface area contributed by atoms with Crippen LogP contribution in [0.25, 0.3) is 0 Å². The van der Waals surface area contributed by atoms with Crippen LogP contribution < -0.4 is 4.31 Å². The zero-order chi connectivity index (χ0) is 16.9. The molecule has 5 nitrogen and oxygen atoms in total. The van der Waals surface area contributed by atoms with E-state index < -0.39 is 10.0 Å². The second-order valence-electron chi connectivity index (χ2n) is 6.67. The van der Waals surface area contributed by atoms with Crippen LogP contribution in [0.4, 0.5) is 5.69 Å². The summed E-state index contributed by atoms with van der Waals surface area (Å²) < 4.78 is 28.1. The summed E-state index contributed by atoms with van der Waals surface area (Å²) in [5.74, 6) is 0.284. The maximum absolute atomic E-state index is 13.3. The third-order valence-electron chi connectivity index (χ3n) is 4.62. The van der Waals surface area contributed by atoms with E-state index in [-0.39, 0.29) is 5.92 Å². The largest absolute Gasteiger partial charge is 0.281 e. The molecule has 1 atom stereocenters. The van der Waals surface area contributed by atoms with Crippen molar-refractivity contribution in [2.24, 2.45) is 5.92 Å². The highest BCUT2D eigenvalue weighted by Gasteiger charge is 2.35. The molecule has 23 heavy (non-hydrogen) atoms. The lowest BCUT2D eigenvalue weighted by Crippen LogP contribution is -2.39. The van der Waals surface area contributed by atoms with E-state index in [0.29, 0.717) is 22.8 Å². The highest BCUT2D eigenvalue weighted by molar-refractivity contribution is 7.93. The Morgan fingerprint density at radius 1 is 1.17 bits per heavy atom. The summed E-state index contributed by atoms with van der Waals surface area (Å²) in [6.45, 7) is 10.2. The van der Waals surface area contributed by atoms with E-state index >= 15 is 0 Å². The molecule has 0 bridgehead atoms. The van der Waals surface area contributed by atoms with Crippen LogP contribution in [0.3, 0.4) is 0 Å². The molecule has 1 unspecified atom stereocenters. The minimum absolute atomic E-state index is 0.284. The number of aromatic amines is 1. The van der Waals surface area contributed by atoms with Crippen LogP contribution in [0, 0.1) is 33.6 Å². The van der Waals surface area contributed by atoms with Gasteiger partial charge in [0.05, 0.1) is 17.1 Å². The van der Waals surface area contributed by atoms with Crippen LogP contribution in [-0.4, -0.2) is 25.2 Å². The number of hydrogen-bond acceptors (Lipinski definition) is 3. The number of aryl methyl sites for hydroxylation is 4. The minimum Gasteiger partial charge on any atom is -0.281 e. The van der Waals surface area contributed by atoms with Gasteiger partial charge in [0.1, 0.15) is 4.90 Å². The van der Waals surface area contributed by atoms with Crippen LogP contribution in [-0.2, 0) is 16.4 Å². The third-order valence-corrected chi connectivity index (χ3v) is 6.66. The molecule has 1 aliphatic heterocycles. The van der Waals surface area contributed by atoms with Gasteiger partial charge in [-0.2, -0.15) is 5.10 Å². The van der Waals surface area contributed by atoms with Gasteiger partial charge in [-0.05, 0) is 62.8 Å². The fourth-order valence-electron chi connectivity index (χ4n) is 3.34. The molecular weight excluding hydrogens is 310 g/mol. The van der Waals surface area contributed by atoms with Crippen molar-refractivity contribution in [1.29, 1.82) is 0 Å². The van der Waals surface area contributed by atoms with Gasteiger partial charge in [0.25, 0.3) is 10.0 Å². The van der Waals surface area contributed by atoms with Crippen molar-refractivity contribution >= 4 is 15.7 Å². The highest BCUT2D eigenvalue weighted by atomic mass is 32.2. The Balaban J connectivity index is 2.20. The van der Waals surface area contributed by atoms with Gasteiger partial charge in [-0.25, -0.2) is 8.42 Å². The minimum atomic E-state index is -3.62. The van der Waals surface area contributed by atoms with Gasteiger partial charge >= 0.3 is 0 Å². The molecule has 0 radical (unpaired) electrons. The van der Waals surface area contributed by atoms with E-state index in [0.717, 1.165) is 23.2 Å². The number of nitrogens with zero attached hydrogens (tertiary/aromatic N) is 2. The van der Waals surface area contributed by atoms with Crippen molar-refractivity contribution in [3.8, 4) is 0 Å². The molecule has 1 N–H and O–H groups in total. The fourth-order valence-corrected chi connectivity index (χ4v) is 5.29. The Bertz CT molecular complexity index is 849. The van der Waals surface area contributed by atoms with Gasteiger partial charge in [0.15, 0.2) is 0 Å². The average molecular weight is 333 g/mol. The standard InChI is InChI=1S/C17H23N3O2S/c1-10-6-15-7-11(2)12(3)8-16(15)20(9-10)23(21,22)17-13(4)18-19-14(17)5/h7-8,10H,6,9H2,1-5H3,(H,18,19).